The average molecular weight is 324 g/mol. The highest BCUT2D eigenvalue weighted by Crippen LogP contribution is 2.42. The fourth-order valence-electron chi connectivity index (χ4n) is 3.13. The Labute approximate surface area is 139 Å². The van der Waals surface area contributed by atoms with Crippen molar-refractivity contribution < 1.29 is 23.9 Å². The number of fused-ring (bicyclic) bond motifs is 1. The molecular weight excluding hydrogens is 308 g/mol. The molecule has 5 heteroatoms. The van der Waals surface area contributed by atoms with Gasteiger partial charge in [0, 0.05) is 11.1 Å². The fourth-order valence-corrected chi connectivity index (χ4v) is 3.13. The number of rotatable bonds is 4. The van der Waals surface area contributed by atoms with E-state index in [0.29, 0.717) is 22.4 Å². The van der Waals surface area contributed by atoms with Gasteiger partial charge in [0.1, 0.15) is 11.2 Å². The maximum atomic E-state index is 13.1. The van der Waals surface area contributed by atoms with Crippen LogP contribution < -0.4 is 4.74 Å². The van der Waals surface area contributed by atoms with Crippen molar-refractivity contribution in [2.45, 2.75) is 11.8 Å². The summed E-state index contributed by atoms with van der Waals surface area (Å²) in [5, 5.41) is 0. The molecule has 0 heterocycles. The van der Waals surface area contributed by atoms with Crippen molar-refractivity contribution in [3.63, 3.8) is 0 Å². The van der Waals surface area contributed by atoms with Gasteiger partial charge in [-0.25, -0.2) is 0 Å². The third kappa shape index (κ3) is 2.21. The largest absolute Gasteiger partial charge is 0.497 e. The number of carbonyl (C=O) groups excluding carboxylic acids is 3. The van der Waals surface area contributed by atoms with E-state index in [2.05, 4.69) is 0 Å². The first-order valence-electron chi connectivity index (χ1n) is 7.44. The lowest BCUT2D eigenvalue weighted by Crippen LogP contribution is -2.40. The Kier molecular flexibility index (Phi) is 3.93. The lowest BCUT2D eigenvalue weighted by Gasteiger charge is -2.25. The summed E-state index contributed by atoms with van der Waals surface area (Å²) in [5.41, 5.74) is -0.451. The smallest absolute Gasteiger partial charge is 0.307 e. The van der Waals surface area contributed by atoms with E-state index in [0.717, 1.165) is 0 Å². The topological polar surface area (TPSA) is 69.7 Å². The fraction of sp³-hybridized carbons (Fsp3) is 0.211. The van der Waals surface area contributed by atoms with Crippen molar-refractivity contribution in [2.75, 3.05) is 14.2 Å². The zero-order valence-electron chi connectivity index (χ0n) is 13.4. The highest BCUT2D eigenvalue weighted by atomic mass is 16.5. The van der Waals surface area contributed by atoms with Crippen LogP contribution in [0.1, 0.15) is 32.7 Å². The summed E-state index contributed by atoms with van der Waals surface area (Å²) in [5.74, 6) is -0.764. The first-order chi connectivity index (χ1) is 11.5. The Hall–Kier alpha value is -2.95. The number of methoxy groups -OCH3 is 2. The molecule has 0 amide bonds. The van der Waals surface area contributed by atoms with Crippen molar-refractivity contribution in [1.82, 2.24) is 0 Å². The summed E-state index contributed by atoms with van der Waals surface area (Å²) >= 11 is 0. The van der Waals surface area contributed by atoms with Gasteiger partial charge in [-0.3, -0.25) is 14.4 Å². The summed E-state index contributed by atoms with van der Waals surface area (Å²) in [7, 11) is 2.77. The summed E-state index contributed by atoms with van der Waals surface area (Å²) in [4.78, 5) is 38.1. The maximum Gasteiger partial charge on any atom is 0.307 e. The molecule has 0 aromatic heterocycles. The van der Waals surface area contributed by atoms with Crippen LogP contribution in [0.3, 0.4) is 0 Å². The van der Waals surface area contributed by atoms with Gasteiger partial charge < -0.3 is 9.47 Å². The van der Waals surface area contributed by atoms with E-state index in [4.69, 9.17) is 9.47 Å². The number of carbonyl (C=O) groups is 3. The second-order valence-electron chi connectivity index (χ2n) is 5.59. The van der Waals surface area contributed by atoms with E-state index in [1.165, 1.54) is 14.2 Å². The summed E-state index contributed by atoms with van der Waals surface area (Å²) in [6, 6.07) is 13.2. The zero-order chi connectivity index (χ0) is 17.3. The number of Topliss-reactive ketones (excluding diaryl/α,β-unsaturated/α-hetero) is 2. The predicted molar refractivity (Wildman–Crippen MR) is 86.4 cm³/mol. The molecular formula is C19H16O5. The van der Waals surface area contributed by atoms with Gasteiger partial charge in [0.05, 0.1) is 20.6 Å². The second-order valence-corrected chi connectivity index (χ2v) is 5.59. The third-order valence-corrected chi connectivity index (χ3v) is 4.41. The standard InChI is InChI=1S/C19H16O5/c1-23-13-9-7-12(8-10-13)19(11-16(20)24-2)17(21)14-5-3-4-6-15(14)18(19)22/h3-10H,11H2,1-2H3. The highest BCUT2D eigenvalue weighted by molar-refractivity contribution is 6.34. The van der Waals surface area contributed by atoms with E-state index < -0.39 is 11.4 Å². The molecule has 2 aromatic carbocycles. The molecule has 0 bridgehead atoms. The van der Waals surface area contributed by atoms with E-state index in [-0.39, 0.29) is 18.0 Å². The number of esters is 1. The van der Waals surface area contributed by atoms with E-state index in [1.54, 1.807) is 48.5 Å². The maximum absolute atomic E-state index is 13.1. The average Bonchev–Trinajstić information content (AvgIpc) is 2.84. The normalized spacial score (nSPS) is 15.1. The number of benzene rings is 2. The van der Waals surface area contributed by atoms with Crippen molar-refractivity contribution in [3.05, 3.63) is 65.2 Å². The lowest BCUT2D eigenvalue weighted by atomic mass is 9.73. The second kappa shape index (κ2) is 5.92. The molecule has 0 saturated heterocycles. The number of ketones is 2. The predicted octanol–water partition coefficient (Wildman–Crippen LogP) is 2.58. The summed E-state index contributed by atoms with van der Waals surface area (Å²) in [6.07, 6.45) is -0.331. The van der Waals surface area contributed by atoms with Gasteiger partial charge in [-0.1, -0.05) is 36.4 Å². The molecule has 0 saturated carbocycles. The Morgan fingerprint density at radius 2 is 1.46 bits per heavy atom. The van der Waals surface area contributed by atoms with Crippen LogP contribution in [0.4, 0.5) is 0 Å². The van der Waals surface area contributed by atoms with E-state index >= 15 is 0 Å². The van der Waals surface area contributed by atoms with Crippen LogP contribution in [0, 0.1) is 0 Å². The minimum absolute atomic E-state index is 0.331. The van der Waals surface area contributed by atoms with E-state index in [9.17, 15) is 14.4 Å². The molecule has 0 atom stereocenters. The quantitative estimate of drug-likeness (QED) is 0.638. The monoisotopic (exact) mass is 324 g/mol. The first-order valence-corrected chi connectivity index (χ1v) is 7.44. The Morgan fingerprint density at radius 3 is 1.92 bits per heavy atom. The van der Waals surface area contributed by atoms with Gasteiger partial charge in [0.2, 0.25) is 0 Å². The lowest BCUT2D eigenvalue weighted by molar-refractivity contribution is -0.141. The Bertz CT molecular complexity index is 785. The molecule has 0 unspecified atom stereocenters. The van der Waals surface area contributed by atoms with Crippen molar-refractivity contribution in [3.8, 4) is 5.75 Å². The van der Waals surface area contributed by atoms with Crippen molar-refractivity contribution in [1.29, 1.82) is 0 Å². The van der Waals surface area contributed by atoms with Crippen LogP contribution in [0.2, 0.25) is 0 Å². The third-order valence-electron chi connectivity index (χ3n) is 4.41. The highest BCUT2D eigenvalue weighted by Gasteiger charge is 2.55. The minimum Gasteiger partial charge on any atom is -0.497 e. The van der Waals surface area contributed by atoms with Crippen molar-refractivity contribution in [2.24, 2.45) is 0 Å². The molecule has 0 radical (unpaired) electrons. The van der Waals surface area contributed by atoms with Gasteiger partial charge >= 0.3 is 5.97 Å². The van der Waals surface area contributed by atoms with Crippen LogP contribution >= 0.6 is 0 Å². The molecule has 24 heavy (non-hydrogen) atoms. The molecule has 0 fully saturated rings. The van der Waals surface area contributed by atoms with Crippen molar-refractivity contribution >= 4 is 17.5 Å². The van der Waals surface area contributed by atoms with Crippen LogP contribution in [0.5, 0.6) is 5.75 Å². The van der Waals surface area contributed by atoms with Crippen LogP contribution in [0.25, 0.3) is 0 Å². The molecule has 1 aliphatic rings. The molecule has 2 aromatic rings. The van der Waals surface area contributed by atoms with Gasteiger partial charge in [-0.05, 0) is 17.7 Å². The summed E-state index contributed by atoms with van der Waals surface area (Å²) < 4.78 is 9.85. The van der Waals surface area contributed by atoms with Gasteiger partial charge in [-0.15, -0.1) is 0 Å². The molecule has 3 rings (SSSR count). The Balaban J connectivity index is 2.19. The van der Waals surface area contributed by atoms with Crippen LogP contribution in [-0.4, -0.2) is 31.8 Å². The van der Waals surface area contributed by atoms with Crippen LogP contribution in [0.15, 0.2) is 48.5 Å². The van der Waals surface area contributed by atoms with Gasteiger partial charge in [0.25, 0.3) is 0 Å². The molecule has 0 spiro atoms. The van der Waals surface area contributed by atoms with Gasteiger partial charge in [0.15, 0.2) is 11.6 Å². The van der Waals surface area contributed by atoms with Crippen LogP contribution in [-0.2, 0) is 14.9 Å². The molecule has 0 aliphatic heterocycles. The number of hydrogen-bond acceptors (Lipinski definition) is 5. The number of ether oxygens (including phenoxy) is 2. The minimum atomic E-state index is -1.58. The molecule has 122 valence electrons. The SMILES string of the molecule is COC(=O)CC1(c2ccc(OC)cc2)C(=O)c2ccccc2C1=O. The van der Waals surface area contributed by atoms with Gasteiger partial charge in [-0.2, -0.15) is 0 Å². The first kappa shape index (κ1) is 15.9. The van der Waals surface area contributed by atoms with E-state index in [1.807, 2.05) is 0 Å². The Morgan fingerprint density at radius 1 is 0.917 bits per heavy atom. The molecule has 1 aliphatic carbocycles. The molecule has 0 N–H and O–H groups in total. The molecule has 5 nitrogen and oxygen atoms in total. The zero-order valence-corrected chi connectivity index (χ0v) is 13.4. The number of hydrogen-bond donors (Lipinski definition) is 0. The summed E-state index contributed by atoms with van der Waals surface area (Å²) in [6.45, 7) is 0.